The molecule has 1 aromatic carbocycles. The summed E-state index contributed by atoms with van der Waals surface area (Å²) >= 11 is 0. The molecule has 1 aliphatic heterocycles. The summed E-state index contributed by atoms with van der Waals surface area (Å²) in [7, 11) is 0. The second-order valence-electron chi connectivity index (χ2n) is 5.65. The Bertz CT molecular complexity index is 559. The van der Waals surface area contributed by atoms with E-state index in [0.29, 0.717) is 12.8 Å². The minimum absolute atomic E-state index is 0.0113. The Hall–Kier alpha value is -2.05. The molecule has 2 atom stereocenters. The molecule has 1 amide bonds. The van der Waals surface area contributed by atoms with Crippen LogP contribution in [0.15, 0.2) is 30.3 Å². The number of nitrogens with zero attached hydrogens (tertiary/aromatic N) is 1. The lowest BCUT2D eigenvalue weighted by Gasteiger charge is -2.34. The molecule has 0 bridgehead atoms. The molecule has 0 radical (unpaired) electrons. The van der Waals surface area contributed by atoms with Crippen molar-refractivity contribution in [2.45, 2.75) is 43.8 Å². The summed E-state index contributed by atoms with van der Waals surface area (Å²) in [5.41, 5.74) is 0.0113. The van der Waals surface area contributed by atoms with Gasteiger partial charge in [-0.15, -0.1) is 0 Å². The van der Waals surface area contributed by atoms with Gasteiger partial charge in [-0.3, -0.25) is 4.79 Å². The molecule has 0 aromatic heterocycles. The molecule has 1 aliphatic rings. The molecule has 1 N–H and O–H groups in total. The molecule has 0 aliphatic carbocycles. The van der Waals surface area contributed by atoms with E-state index < -0.39 is 36.4 Å². The van der Waals surface area contributed by atoms with Crippen molar-refractivity contribution in [2.24, 2.45) is 0 Å². The molecule has 7 heteroatoms. The van der Waals surface area contributed by atoms with E-state index in [2.05, 4.69) is 0 Å². The number of carbonyl (C=O) groups excluding carboxylic acids is 1. The molecule has 1 saturated heterocycles. The van der Waals surface area contributed by atoms with Gasteiger partial charge in [-0.05, 0) is 24.8 Å². The smallest absolute Gasteiger partial charge is 0.396 e. The Morgan fingerprint density at radius 1 is 1.22 bits per heavy atom. The highest BCUT2D eigenvalue weighted by molar-refractivity contribution is 5.84. The fourth-order valence-electron chi connectivity index (χ4n) is 2.89. The number of amides is 1. The van der Waals surface area contributed by atoms with E-state index in [1.807, 2.05) is 0 Å². The number of rotatable bonds is 4. The third kappa shape index (κ3) is 4.24. The van der Waals surface area contributed by atoms with Crippen molar-refractivity contribution in [1.29, 1.82) is 0 Å². The minimum Gasteiger partial charge on any atom is -0.480 e. The number of likely N-dealkylation sites (tertiary alicyclic amines) is 1. The first-order chi connectivity index (χ1) is 10.8. The fourth-order valence-corrected chi connectivity index (χ4v) is 2.89. The van der Waals surface area contributed by atoms with Crippen LogP contribution >= 0.6 is 0 Å². The summed E-state index contributed by atoms with van der Waals surface area (Å²) in [4.78, 5) is 24.6. The summed E-state index contributed by atoms with van der Waals surface area (Å²) in [6.07, 6.45) is -3.79. The maximum absolute atomic E-state index is 13.3. The van der Waals surface area contributed by atoms with Crippen LogP contribution in [-0.2, 0) is 9.59 Å². The summed E-state index contributed by atoms with van der Waals surface area (Å²) in [5, 5.41) is 9.15. The Balaban J connectivity index is 2.19. The number of alkyl halides is 3. The number of benzene rings is 1. The maximum Gasteiger partial charge on any atom is 0.396 e. The van der Waals surface area contributed by atoms with Crippen LogP contribution in [-0.4, -0.2) is 40.6 Å². The van der Waals surface area contributed by atoms with Gasteiger partial charge in [0, 0.05) is 13.0 Å². The number of halogens is 3. The average Bonchev–Trinajstić information content (AvgIpc) is 2.52. The standard InChI is InChI=1S/C16H18F3NO3/c17-16(18,19)12(11-6-2-1-3-7-11)10-14(21)20-9-5-4-8-13(20)15(22)23/h1-3,6-7,12-13H,4-5,8-10H2,(H,22,23)/t12?,13-/m1/s1. The van der Waals surface area contributed by atoms with Crippen LogP contribution in [0.2, 0.25) is 0 Å². The summed E-state index contributed by atoms with van der Waals surface area (Å²) < 4.78 is 39.9. The number of aliphatic carboxylic acids is 1. The number of carboxylic acids is 1. The van der Waals surface area contributed by atoms with Crippen molar-refractivity contribution in [3.05, 3.63) is 35.9 Å². The van der Waals surface area contributed by atoms with Gasteiger partial charge in [0.25, 0.3) is 0 Å². The van der Waals surface area contributed by atoms with Gasteiger partial charge < -0.3 is 10.0 Å². The molecule has 1 unspecified atom stereocenters. The van der Waals surface area contributed by atoms with Gasteiger partial charge in [0.15, 0.2) is 0 Å². The SMILES string of the molecule is O=C(O)[C@H]1CCCCN1C(=O)CC(c1ccccc1)C(F)(F)F. The number of hydrogen-bond acceptors (Lipinski definition) is 2. The zero-order valence-electron chi connectivity index (χ0n) is 12.4. The normalized spacial score (nSPS) is 20.1. The molecule has 1 fully saturated rings. The zero-order valence-corrected chi connectivity index (χ0v) is 12.4. The monoisotopic (exact) mass is 329 g/mol. The maximum atomic E-state index is 13.3. The molecule has 2 rings (SSSR count). The van der Waals surface area contributed by atoms with Crippen LogP contribution in [0, 0.1) is 0 Å². The quantitative estimate of drug-likeness (QED) is 0.923. The molecule has 4 nitrogen and oxygen atoms in total. The summed E-state index contributed by atoms with van der Waals surface area (Å²) in [5.74, 6) is -3.85. The number of carboxylic acid groups (broad SMARTS) is 1. The largest absolute Gasteiger partial charge is 0.480 e. The first-order valence-electron chi connectivity index (χ1n) is 7.44. The average molecular weight is 329 g/mol. The van der Waals surface area contributed by atoms with Crippen molar-refractivity contribution in [3.63, 3.8) is 0 Å². The van der Waals surface area contributed by atoms with Gasteiger partial charge in [-0.2, -0.15) is 13.2 Å². The van der Waals surface area contributed by atoms with Crippen molar-refractivity contribution >= 4 is 11.9 Å². The van der Waals surface area contributed by atoms with Crippen molar-refractivity contribution < 1.29 is 27.9 Å². The molecule has 1 aromatic rings. The molecule has 23 heavy (non-hydrogen) atoms. The zero-order chi connectivity index (χ0) is 17.0. The fraction of sp³-hybridized carbons (Fsp3) is 0.500. The molecule has 0 spiro atoms. The predicted octanol–water partition coefficient (Wildman–Crippen LogP) is 3.19. The van der Waals surface area contributed by atoms with Crippen LogP contribution in [0.4, 0.5) is 13.2 Å². The van der Waals surface area contributed by atoms with Crippen molar-refractivity contribution in [2.75, 3.05) is 6.54 Å². The summed E-state index contributed by atoms with van der Waals surface area (Å²) in [6, 6.07) is 6.20. The molecular formula is C16H18F3NO3. The van der Waals surface area contributed by atoms with Gasteiger partial charge in [0.05, 0.1) is 5.92 Å². The first kappa shape index (κ1) is 17.3. The topological polar surface area (TPSA) is 57.6 Å². The van der Waals surface area contributed by atoms with Crippen LogP contribution < -0.4 is 0 Å². The van der Waals surface area contributed by atoms with E-state index in [1.165, 1.54) is 24.3 Å². The third-order valence-electron chi connectivity index (χ3n) is 4.08. The lowest BCUT2D eigenvalue weighted by Crippen LogP contribution is -2.48. The second-order valence-corrected chi connectivity index (χ2v) is 5.65. The highest BCUT2D eigenvalue weighted by Gasteiger charge is 2.43. The molecule has 0 saturated carbocycles. The van der Waals surface area contributed by atoms with Crippen LogP contribution in [0.5, 0.6) is 0 Å². The van der Waals surface area contributed by atoms with Gasteiger partial charge in [-0.25, -0.2) is 4.79 Å². The van der Waals surface area contributed by atoms with E-state index in [1.54, 1.807) is 6.07 Å². The third-order valence-corrected chi connectivity index (χ3v) is 4.08. The van der Waals surface area contributed by atoms with E-state index >= 15 is 0 Å². The Morgan fingerprint density at radius 2 is 1.87 bits per heavy atom. The molecule has 126 valence electrons. The van der Waals surface area contributed by atoms with Crippen molar-refractivity contribution in [1.82, 2.24) is 4.90 Å². The van der Waals surface area contributed by atoms with Gasteiger partial charge in [0.1, 0.15) is 6.04 Å². The number of hydrogen-bond donors (Lipinski definition) is 1. The van der Waals surface area contributed by atoms with Gasteiger partial charge in [-0.1, -0.05) is 30.3 Å². The highest BCUT2D eigenvalue weighted by atomic mass is 19.4. The van der Waals surface area contributed by atoms with Crippen LogP contribution in [0.1, 0.15) is 37.2 Å². The molecular weight excluding hydrogens is 311 g/mol. The Morgan fingerprint density at radius 3 is 2.43 bits per heavy atom. The molecule has 1 heterocycles. The number of carbonyl (C=O) groups is 2. The first-order valence-corrected chi connectivity index (χ1v) is 7.44. The van der Waals surface area contributed by atoms with E-state index in [-0.39, 0.29) is 18.5 Å². The predicted molar refractivity (Wildman–Crippen MR) is 76.8 cm³/mol. The second kappa shape index (κ2) is 7.02. The highest BCUT2D eigenvalue weighted by Crippen LogP contribution is 2.38. The van der Waals surface area contributed by atoms with E-state index in [4.69, 9.17) is 5.11 Å². The lowest BCUT2D eigenvalue weighted by atomic mass is 9.93. The number of piperidine rings is 1. The lowest BCUT2D eigenvalue weighted by molar-refractivity contribution is -0.164. The Kier molecular flexibility index (Phi) is 5.28. The van der Waals surface area contributed by atoms with E-state index in [9.17, 15) is 22.8 Å². The van der Waals surface area contributed by atoms with Crippen molar-refractivity contribution in [3.8, 4) is 0 Å². The summed E-state index contributed by atoms with van der Waals surface area (Å²) in [6.45, 7) is 0.190. The van der Waals surface area contributed by atoms with Gasteiger partial charge >= 0.3 is 12.1 Å². The van der Waals surface area contributed by atoms with Crippen LogP contribution in [0.3, 0.4) is 0 Å². The van der Waals surface area contributed by atoms with Crippen LogP contribution in [0.25, 0.3) is 0 Å². The van der Waals surface area contributed by atoms with E-state index in [0.717, 1.165) is 4.90 Å². The van der Waals surface area contributed by atoms with Gasteiger partial charge in [0.2, 0.25) is 5.91 Å². The minimum atomic E-state index is -4.56. The Labute approximate surface area is 131 Å².